The van der Waals surface area contributed by atoms with E-state index < -0.39 is 0 Å². The zero-order valence-corrected chi connectivity index (χ0v) is 13.4. The molecule has 0 aliphatic carbocycles. The number of nitrogens with zero attached hydrogens (tertiary/aromatic N) is 5. The van der Waals surface area contributed by atoms with Gasteiger partial charge in [0.2, 0.25) is 0 Å². The fraction of sp³-hybridized carbons (Fsp3) is 0.312. The van der Waals surface area contributed by atoms with Gasteiger partial charge in [0.15, 0.2) is 10.9 Å². The van der Waals surface area contributed by atoms with Crippen molar-refractivity contribution in [2.24, 2.45) is 0 Å². The first-order valence-electron chi connectivity index (χ1n) is 7.61. The number of anilines is 1. The van der Waals surface area contributed by atoms with Crippen molar-refractivity contribution in [1.82, 2.24) is 20.0 Å². The first-order valence-corrected chi connectivity index (χ1v) is 8.49. The van der Waals surface area contributed by atoms with Gasteiger partial charge < -0.3 is 9.42 Å². The van der Waals surface area contributed by atoms with Crippen LogP contribution in [0.3, 0.4) is 0 Å². The summed E-state index contributed by atoms with van der Waals surface area (Å²) < 4.78 is 5.48. The summed E-state index contributed by atoms with van der Waals surface area (Å²) in [6, 6.07) is 5.90. The van der Waals surface area contributed by atoms with Crippen LogP contribution in [0.25, 0.3) is 11.3 Å². The number of piperazine rings is 1. The maximum atomic E-state index is 5.48. The van der Waals surface area contributed by atoms with Crippen molar-refractivity contribution in [1.29, 1.82) is 0 Å². The van der Waals surface area contributed by atoms with E-state index in [9.17, 15) is 0 Å². The SMILES string of the molecule is c1cncc(-c2cc(CN3CCN(c4nccs4)CC3)on2)c1. The molecule has 0 N–H and O–H groups in total. The second-order valence-corrected chi connectivity index (χ2v) is 6.37. The molecule has 0 aromatic carbocycles. The fourth-order valence-corrected chi connectivity index (χ4v) is 3.42. The monoisotopic (exact) mass is 327 g/mol. The van der Waals surface area contributed by atoms with E-state index in [2.05, 4.69) is 24.9 Å². The standard InChI is InChI=1S/C16H17N5OS/c1-2-13(11-17-3-1)15-10-14(22-19-15)12-20-5-7-21(8-6-20)16-18-4-9-23-16/h1-4,9-11H,5-8,12H2. The molecular formula is C16H17N5OS. The number of thiazole rings is 1. The third kappa shape index (κ3) is 3.25. The maximum absolute atomic E-state index is 5.48. The smallest absolute Gasteiger partial charge is 0.185 e. The molecule has 7 heteroatoms. The van der Waals surface area contributed by atoms with Gasteiger partial charge in [0.1, 0.15) is 5.69 Å². The Bertz CT molecular complexity index is 735. The quantitative estimate of drug-likeness (QED) is 0.734. The molecule has 1 saturated heterocycles. The highest BCUT2D eigenvalue weighted by atomic mass is 32.1. The van der Waals surface area contributed by atoms with Gasteiger partial charge in [0.25, 0.3) is 0 Å². The molecule has 0 radical (unpaired) electrons. The lowest BCUT2D eigenvalue weighted by Crippen LogP contribution is -2.45. The average molecular weight is 327 g/mol. The first kappa shape index (κ1) is 14.3. The van der Waals surface area contributed by atoms with E-state index in [1.54, 1.807) is 23.7 Å². The van der Waals surface area contributed by atoms with Crippen molar-refractivity contribution in [3.63, 3.8) is 0 Å². The summed E-state index contributed by atoms with van der Waals surface area (Å²) in [6.07, 6.45) is 5.42. The zero-order valence-electron chi connectivity index (χ0n) is 12.6. The Morgan fingerprint density at radius 1 is 1.17 bits per heavy atom. The Labute approximate surface area is 138 Å². The van der Waals surface area contributed by atoms with Gasteiger partial charge in [0.05, 0.1) is 6.54 Å². The van der Waals surface area contributed by atoms with Crippen LogP contribution in [0.5, 0.6) is 0 Å². The molecule has 0 bridgehead atoms. The molecule has 1 aliphatic heterocycles. The predicted octanol–water partition coefficient (Wildman–Crippen LogP) is 2.52. The van der Waals surface area contributed by atoms with Gasteiger partial charge in [-0.3, -0.25) is 9.88 Å². The Balaban J connectivity index is 1.36. The van der Waals surface area contributed by atoms with Crippen molar-refractivity contribution in [2.45, 2.75) is 6.54 Å². The topological polar surface area (TPSA) is 58.3 Å². The molecule has 4 rings (SSSR count). The molecular weight excluding hydrogens is 310 g/mol. The molecule has 3 aromatic rings. The van der Waals surface area contributed by atoms with Gasteiger partial charge in [0, 0.05) is 61.8 Å². The number of hydrogen-bond donors (Lipinski definition) is 0. The van der Waals surface area contributed by atoms with E-state index in [1.165, 1.54) is 0 Å². The molecule has 118 valence electrons. The number of aromatic nitrogens is 3. The summed E-state index contributed by atoms with van der Waals surface area (Å²) in [6.45, 7) is 4.79. The third-order valence-electron chi connectivity index (χ3n) is 3.96. The molecule has 3 aromatic heterocycles. The van der Waals surface area contributed by atoms with Crippen LogP contribution in [0.15, 0.2) is 46.7 Å². The van der Waals surface area contributed by atoms with Crippen molar-refractivity contribution < 1.29 is 4.52 Å². The lowest BCUT2D eigenvalue weighted by Gasteiger charge is -2.33. The summed E-state index contributed by atoms with van der Waals surface area (Å²) >= 11 is 1.70. The van der Waals surface area contributed by atoms with Crippen molar-refractivity contribution in [3.8, 4) is 11.3 Å². The Kier molecular flexibility index (Phi) is 4.04. The Morgan fingerprint density at radius 3 is 2.83 bits per heavy atom. The van der Waals surface area contributed by atoms with E-state index >= 15 is 0 Å². The highest BCUT2D eigenvalue weighted by Gasteiger charge is 2.20. The van der Waals surface area contributed by atoms with E-state index in [0.29, 0.717) is 0 Å². The van der Waals surface area contributed by atoms with Crippen LogP contribution in [-0.4, -0.2) is 46.2 Å². The van der Waals surface area contributed by atoms with Gasteiger partial charge in [-0.15, -0.1) is 11.3 Å². The minimum atomic E-state index is 0.791. The number of hydrogen-bond acceptors (Lipinski definition) is 7. The summed E-state index contributed by atoms with van der Waals surface area (Å²) in [4.78, 5) is 13.2. The van der Waals surface area contributed by atoms with Gasteiger partial charge in [-0.2, -0.15) is 0 Å². The lowest BCUT2D eigenvalue weighted by molar-refractivity contribution is 0.220. The second-order valence-electron chi connectivity index (χ2n) is 5.50. The van der Waals surface area contributed by atoms with Crippen molar-refractivity contribution in [2.75, 3.05) is 31.1 Å². The molecule has 1 aliphatic rings. The predicted molar refractivity (Wildman–Crippen MR) is 89.3 cm³/mol. The fourth-order valence-electron chi connectivity index (χ4n) is 2.73. The molecule has 0 unspecified atom stereocenters. The molecule has 0 amide bonds. The number of pyridine rings is 1. The van der Waals surface area contributed by atoms with E-state index in [0.717, 1.165) is 54.9 Å². The average Bonchev–Trinajstić information content (AvgIpc) is 3.28. The maximum Gasteiger partial charge on any atom is 0.185 e. The normalized spacial score (nSPS) is 15.9. The van der Waals surface area contributed by atoms with Gasteiger partial charge >= 0.3 is 0 Å². The molecule has 4 heterocycles. The molecule has 23 heavy (non-hydrogen) atoms. The van der Waals surface area contributed by atoms with Crippen molar-refractivity contribution in [3.05, 3.63) is 47.9 Å². The molecule has 0 saturated carbocycles. The highest BCUT2D eigenvalue weighted by Crippen LogP contribution is 2.21. The van der Waals surface area contributed by atoms with Crippen LogP contribution in [0, 0.1) is 0 Å². The zero-order chi connectivity index (χ0) is 15.5. The largest absolute Gasteiger partial charge is 0.359 e. The van der Waals surface area contributed by atoms with Crippen LogP contribution in [-0.2, 0) is 6.54 Å². The highest BCUT2D eigenvalue weighted by molar-refractivity contribution is 7.13. The van der Waals surface area contributed by atoms with Crippen LogP contribution in [0.4, 0.5) is 5.13 Å². The van der Waals surface area contributed by atoms with Gasteiger partial charge in [-0.25, -0.2) is 4.98 Å². The van der Waals surface area contributed by atoms with E-state index in [4.69, 9.17) is 4.52 Å². The van der Waals surface area contributed by atoms with Gasteiger partial charge in [-0.05, 0) is 12.1 Å². The summed E-state index contributed by atoms with van der Waals surface area (Å²) in [5.74, 6) is 0.895. The number of rotatable bonds is 4. The lowest BCUT2D eigenvalue weighted by atomic mass is 10.2. The molecule has 0 atom stereocenters. The molecule has 1 fully saturated rings. The Hall–Kier alpha value is -2.25. The van der Waals surface area contributed by atoms with Gasteiger partial charge in [-0.1, -0.05) is 5.16 Å². The van der Waals surface area contributed by atoms with Crippen LogP contribution >= 0.6 is 11.3 Å². The molecule has 6 nitrogen and oxygen atoms in total. The van der Waals surface area contributed by atoms with Crippen LogP contribution in [0.2, 0.25) is 0 Å². The molecule has 0 spiro atoms. The van der Waals surface area contributed by atoms with Crippen LogP contribution in [0.1, 0.15) is 5.76 Å². The summed E-state index contributed by atoms with van der Waals surface area (Å²) in [5.41, 5.74) is 1.82. The summed E-state index contributed by atoms with van der Waals surface area (Å²) in [7, 11) is 0. The minimum absolute atomic E-state index is 0.791. The third-order valence-corrected chi connectivity index (χ3v) is 4.79. The van der Waals surface area contributed by atoms with E-state index in [-0.39, 0.29) is 0 Å². The van der Waals surface area contributed by atoms with E-state index in [1.807, 2.05) is 29.8 Å². The van der Waals surface area contributed by atoms with Crippen molar-refractivity contribution >= 4 is 16.5 Å². The first-order chi connectivity index (χ1) is 11.4. The minimum Gasteiger partial charge on any atom is -0.359 e. The summed E-state index contributed by atoms with van der Waals surface area (Å²) in [5, 5.41) is 7.29. The second kappa shape index (κ2) is 6.47. The van der Waals surface area contributed by atoms with Crippen LogP contribution < -0.4 is 4.90 Å². The Morgan fingerprint density at radius 2 is 2.09 bits per heavy atom.